The van der Waals surface area contributed by atoms with Crippen LogP contribution in [0.3, 0.4) is 0 Å². The van der Waals surface area contributed by atoms with E-state index >= 15 is 0 Å². The quantitative estimate of drug-likeness (QED) is 0.525. The largest absolute Gasteiger partial charge is 0.339 e. The summed E-state index contributed by atoms with van der Waals surface area (Å²) in [4.78, 5) is 17.3. The summed E-state index contributed by atoms with van der Waals surface area (Å²) in [5.74, 6) is 1.13. The van der Waals surface area contributed by atoms with Crippen LogP contribution in [0, 0.1) is 19.8 Å². The molecule has 0 spiro atoms. The van der Waals surface area contributed by atoms with Gasteiger partial charge in [-0.2, -0.15) is 9.29 Å². The lowest BCUT2D eigenvalue weighted by Gasteiger charge is -2.30. The molecule has 0 radical (unpaired) electrons. The van der Waals surface area contributed by atoms with Gasteiger partial charge in [-0.25, -0.2) is 8.42 Å². The maximum atomic E-state index is 13.2. The zero-order valence-corrected chi connectivity index (χ0v) is 20.9. The number of carbonyl (C=O) groups is 1. The Bertz CT molecular complexity index is 1300. The molecule has 8 nitrogen and oxygen atoms in total. The third-order valence-electron chi connectivity index (χ3n) is 6.80. The number of hydrogen-bond donors (Lipinski definition) is 1. The van der Waals surface area contributed by atoms with E-state index in [0.29, 0.717) is 49.1 Å². The van der Waals surface area contributed by atoms with Gasteiger partial charge < -0.3 is 9.84 Å². The normalized spacial score (nSPS) is 18.1. The molecule has 3 aromatic rings. The molecule has 5 rings (SSSR count). The molecule has 1 amide bonds. The molecule has 1 aliphatic heterocycles. The lowest BCUT2D eigenvalue weighted by atomic mass is 9.85. The van der Waals surface area contributed by atoms with E-state index in [2.05, 4.69) is 15.5 Å². The van der Waals surface area contributed by atoms with Gasteiger partial charge in [0.25, 0.3) is 10.0 Å². The van der Waals surface area contributed by atoms with E-state index in [0.717, 1.165) is 41.0 Å². The number of aromatic nitrogens is 2. The molecule has 1 aliphatic carbocycles. The fourth-order valence-corrected chi connectivity index (χ4v) is 7.11. The first-order valence-corrected chi connectivity index (χ1v) is 13.9. The van der Waals surface area contributed by atoms with Gasteiger partial charge in [0.1, 0.15) is 4.21 Å². The average molecular weight is 501 g/mol. The summed E-state index contributed by atoms with van der Waals surface area (Å²) >= 11 is 1.16. The van der Waals surface area contributed by atoms with Crippen molar-refractivity contribution in [2.24, 2.45) is 5.92 Å². The lowest BCUT2D eigenvalue weighted by Crippen LogP contribution is -2.41. The van der Waals surface area contributed by atoms with E-state index in [4.69, 9.17) is 4.52 Å². The Balaban J connectivity index is 1.22. The van der Waals surface area contributed by atoms with Crippen molar-refractivity contribution in [1.82, 2.24) is 14.4 Å². The smallest absolute Gasteiger partial charge is 0.252 e. The first-order valence-electron chi connectivity index (χ1n) is 11.6. The van der Waals surface area contributed by atoms with Crippen LogP contribution in [-0.2, 0) is 14.8 Å². The number of nitrogens with zero attached hydrogens (tertiary/aromatic N) is 3. The van der Waals surface area contributed by atoms with Gasteiger partial charge >= 0.3 is 0 Å². The molecule has 1 aromatic carbocycles. The zero-order chi connectivity index (χ0) is 23.9. The number of nitrogens with one attached hydrogen (secondary N) is 1. The van der Waals surface area contributed by atoms with Gasteiger partial charge in [0.05, 0.1) is 0 Å². The monoisotopic (exact) mass is 500 g/mol. The fourth-order valence-electron chi connectivity index (χ4n) is 4.33. The van der Waals surface area contributed by atoms with Crippen molar-refractivity contribution in [3.63, 3.8) is 0 Å². The predicted octanol–water partition coefficient (Wildman–Crippen LogP) is 4.72. The van der Waals surface area contributed by atoms with E-state index < -0.39 is 10.0 Å². The standard InChI is InChI=1S/C24H28N4O4S2/c1-15-6-7-16(2)20(12-15)25-23(29)17-8-10-28(11-9-17)34(30,31)21-13-19(14-33-21)22-26-24(32-27-22)18-4-3-5-18/h6-7,12-14,17-18H,3-5,8-11H2,1-2H3,(H,25,29). The summed E-state index contributed by atoms with van der Waals surface area (Å²) in [6.07, 6.45) is 4.27. The van der Waals surface area contributed by atoms with Crippen LogP contribution in [0.15, 0.2) is 38.4 Å². The van der Waals surface area contributed by atoms with Crippen molar-refractivity contribution in [1.29, 1.82) is 0 Å². The van der Waals surface area contributed by atoms with Crippen molar-refractivity contribution >= 4 is 33.0 Å². The highest BCUT2D eigenvalue weighted by molar-refractivity contribution is 7.91. The average Bonchev–Trinajstić information content (AvgIpc) is 3.45. The van der Waals surface area contributed by atoms with Gasteiger partial charge in [-0.3, -0.25) is 4.79 Å². The van der Waals surface area contributed by atoms with Crippen LogP contribution in [0.1, 0.15) is 55.0 Å². The van der Waals surface area contributed by atoms with Crippen LogP contribution < -0.4 is 5.32 Å². The van der Waals surface area contributed by atoms with E-state index in [1.165, 1.54) is 10.7 Å². The number of sulfonamides is 1. The van der Waals surface area contributed by atoms with Gasteiger partial charge in [0.2, 0.25) is 17.6 Å². The number of aryl methyl sites for hydroxylation is 2. The third-order valence-corrected chi connectivity index (χ3v) is 10.1. The van der Waals surface area contributed by atoms with Crippen LogP contribution in [0.5, 0.6) is 0 Å². The topological polar surface area (TPSA) is 105 Å². The van der Waals surface area contributed by atoms with E-state index in [1.807, 2.05) is 32.0 Å². The van der Waals surface area contributed by atoms with Crippen molar-refractivity contribution < 1.29 is 17.7 Å². The van der Waals surface area contributed by atoms with Crippen LogP contribution >= 0.6 is 11.3 Å². The Kier molecular flexibility index (Phi) is 6.30. The van der Waals surface area contributed by atoms with Crippen molar-refractivity contribution in [2.45, 2.75) is 56.1 Å². The second-order valence-electron chi connectivity index (χ2n) is 9.22. The minimum atomic E-state index is -3.64. The summed E-state index contributed by atoms with van der Waals surface area (Å²) < 4.78 is 33.5. The molecule has 2 aromatic heterocycles. The Morgan fingerprint density at radius 2 is 1.91 bits per heavy atom. The van der Waals surface area contributed by atoms with E-state index in [-0.39, 0.29) is 16.0 Å². The number of amides is 1. The Hall–Kier alpha value is -2.56. The summed E-state index contributed by atoms with van der Waals surface area (Å²) in [7, 11) is -3.64. The van der Waals surface area contributed by atoms with Crippen molar-refractivity contribution in [3.8, 4) is 11.4 Å². The summed E-state index contributed by atoms with van der Waals surface area (Å²) in [6, 6.07) is 7.57. The molecule has 34 heavy (non-hydrogen) atoms. The van der Waals surface area contributed by atoms with Crippen molar-refractivity contribution in [3.05, 3.63) is 46.7 Å². The molecule has 0 atom stereocenters. The van der Waals surface area contributed by atoms with Crippen LogP contribution in [0.4, 0.5) is 5.69 Å². The van der Waals surface area contributed by atoms with Gasteiger partial charge in [0, 0.05) is 41.6 Å². The Morgan fingerprint density at radius 3 is 2.62 bits per heavy atom. The number of thiophene rings is 1. The zero-order valence-electron chi connectivity index (χ0n) is 19.3. The maximum Gasteiger partial charge on any atom is 0.252 e. The van der Waals surface area contributed by atoms with Crippen LogP contribution in [0.2, 0.25) is 0 Å². The fraction of sp³-hybridized carbons (Fsp3) is 0.458. The Morgan fingerprint density at radius 1 is 1.15 bits per heavy atom. The van der Waals surface area contributed by atoms with Crippen LogP contribution in [0.25, 0.3) is 11.4 Å². The minimum Gasteiger partial charge on any atom is -0.339 e. The summed E-state index contributed by atoms with van der Waals surface area (Å²) in [5.41, 5.74) is 3.56. The Labute approximate surface area is 203 Å². The molecule has 1 saturated carbocycles. The summed E-state index contributed by atoms with van der Waals surface area (Å²) in [6.45, 7) is 4.58. The van der Waals surface area contributed by atoms with Crippen molar-refractivity contribution in [2.75, 3.05) is 18.4 Å². The summed E-state index contributed by atoms with van der Waals surface area (Å²) in [5, 5.41) is 8.81. The van der Waals surface area contributed by atoms with Gasteiger partial charge in [0.15, 0.2) is 0 Å². The van der Waals surface area contributed by atoms with Gasteiger partial charge in [-0.05, 0) is 62.8 Å². The van der Waals surface area contributed by atoms with Crippen LogP contribution in [-0.4, -0.2) is 41.9 Å². The molecular weight excluding hydrogens is 472 g/mol. The SMILES string of the molecule is Cc1ccc(C)c(NC(=O)C2CCN(S(=O)(=O)c3cc(-c4noc(C5CCC5)n4)cs3)CC2)c1. The van der Waals surface area contributed by atoms with E-state index in [9.17, 15) is 13.2 Å². The second-order valence-corrected chi connectivity index (χ2v) is 12.3. The number of anilines is 1. The second kappa shape index (κ2) is 9.24. The molecule has 1 N–H and O–H groups in total. The first-order chi connectivity index (χ1) is 16.3. The molecule has 1 saturated heterocycles. The molecule has 180 valence electrons. The molecular formula is C24H28N4O4S2. The molecule has 10 heteroatoms. The minimum absolute atomic E-state index is 0.0523. The van der Waals surface area contributed by atoms with Gasteiger partial charge in [-0.15, -0.1) is 11.3 Å². The number of piperidine rings is 1. The number of carbonyl (C=O) groups excluding carboxylic acids is 1. The molecule has 0 bridgehead atoms. The highest BCUT2D eigenvalue weighted by Gasteiger charge is 2.33. The number of benzene rings is 1. The first kappa shape index (κ1) is 23.2. The number of hydrogen-bond acceptors (Lipinski definition) is 7. The van der Waals surface area contributed by atoms with Gasteiger partial charge in [-0.1, -0.05) is 23.7 Å². The highest BCUT2D eigenvalue weighted by atomic mass is 32.2. The lowest BCUT2D eigenvalue weighted by molar-refractivity contribution is -0.120. The van der Waals surface area contributed by atoms with E-state index in [1.54, 1.807) is 11.4 Å². The molecule has 2 aliphatic rings. The highest BCUT2D eigenvalue weighted by Crippen LogP contribution is 2.37. The third kappa shape index (κ3) is 4.54. The molecule has 3 heterocycles. The maximum absolute atomic E-state index is 13.2. The predicted molar refractivity (Wildman–Crippen MR) is 130 cm³/mol. The number of rotatable bonds is 6. The molecule has 0 unspecified atom stereocenters. The molecule has 2 fully saturated rings.